The van der Waals surface area contributed by atoms with Gasteiger partial charge in [-0.15, -0.1) is 0 Å². The number of allylic oxidation sites excluding steroid dienone is 4. The molecule has 0 bridgehead atoms. The smallest absolute Gasteiger partial charge is 0.305 e. The van der Waals surface area contributed by atoms with E-state index in [1.807, 2.05) is 0 Å². The molecule has 0 aliphatic rings. The van der Waals surface area contributed by atoms with Crippen molar-refractivity contribution in [2.24, 2.45) is 0 Å². The summed E-state index contributed by atoms with van der Waals surface area (Å²) in [5.41, 5.74) is 0. The average Bonchev–Trinajstić information content (AvgIpc) is 3.58. The Morgan fingerprint density at radius 3 is 0.886 bits per heavy atom. The van der Waals surface area contributed by atoms with Crippen LogP contribution in [-0.2, 0) is 14.3 Å². The minimum absolute atomic E-state index is 0.00770. The van der Waals surface area contributed by atoms with Crippen LogP contribution >= 0.6 is 0 Å². The maximum atomic E-state index is 12.6. The first-order chi connectivity index (χ1) is 43.5. The first-order valence-corrected chi connectivity index (χ1v) is 40.6. The molecule has 6 nitrogen and oxygen atoms in total. The topological polar surface area (TPSA) is 95.9 Å². The third-order valence-electron chi connectivity index (χ3n) is 19.3. The second kappa shape index (κ2) is 77.8. The third-order valence-corrected chi connectivity index (χ3v) is 19.3. The zero-order valence-electron chi connectivity index (χ0n) is 60.0. The number of amides is 1. The molecule has 0 rings (SSSR count). The van der Waals surface area contributed by atoms with Crippen LogP contribution in [0.5, 0.6) is 0 Å². The minimum Gasteiger partial charge on any atom is -0.466 e. The fourth-order valence-electron chi connectivity index (χ4n) is 13.1. The monoisotopic (exact) mass is 1240 g/mol. The van der Waals surface area contributed by atoms with Crippen LogP contribution in [0.25, 0.3) is 0 Å². The van der Waals surface area contributed by atoms with Crippen molar-refractivity contribution in [2.45, 2.75) is 475 Å². The van der Waals surface area contributed by atoms with Crippen molar-refractivity contribution >= 4 is 11.9 Å². The van der Waals surface area contributed by atoms with Crippen LogP contribution in [0.2, 0.25) is 0 Å². The van der Waals surface area contributed by atoms with E-state index in [1.54, 1.807) is 0 Å². The van der Waals surface area contributed by atoms with Crippen LogP contribution in [-0.4, -0.2) is 47.4 Å². The molecule has 0 saturated heterocycles. The molecule has 0 heterocycles. The van der Waals surface area contributed by atoms with Gasteiger partial charge in [-0.05, 0) is 57.8 Å². The third kappa shape index (κ3) is 73.4. The number of aliphatic hydroxyl groups excluding tert-OH is 2. The van der Waals surface area contributed by atoms with Gasteiger partial charge in [0.2, 0.25) is 5.91 Å². The summed E-state index contributed by atoms with van der Waals surface area (Å²) < 4.78 is 5.49. The normalized spacial score (nSPS) is 12.5. The minimum atomic E-state index is -0.663. The van der Waals surface area contributed by atoms with Crippen LogP contribution in [0.1, 0.15) is 463 Å². The Labute approximate surface area is 551 Å². The lowest BCUT2D eigenvalue weighted by atomic mass is 10.0. The Bertz CT molecular complexity index is 1380. The number of carbonyl (C=O) groups is 2. The molecule has 0 fully saturated rings. The highest BCUT2D eigenvalue weighted by Gasteiger charge is 2.20. The van der Waals surface area contributed by atoms with E-state index in [4.69, 9.17) is 4.74 Å². The van der Waals surface area contributed by atoms with Gasteiger partial charge in [-0.25, -0.2) is 0 Å². The van der Waals surface area contributed by atoms with E-state index in [0.29, 0.717) is 25.9 Å². The van der Waals surface area contributed by atoms with Gasteiger partial charge in [-0.3, -0.25) is 9.59 Å². The molecule has 522 valence electrons. The summed E-state index contributed by atoms with van der Waals surface area (Å²) in [4.78, 5) is 24.7. The lowest BCUT2D eigenvalue weighted by Gasteiger charge is -2.22. The summed E-state index contributed by atoms with van der Waals surface area (Å²) >= 11 is 0. The number of ether oxygens (including phenoxy) is 1. The predicted molar refractivity (Wildman–Crippen MR) is 389 cm³/mol. The quantitative estimate of drug-likeness (QED) is 0.0320. The molecule has 1 amide bonds. The van der Waals surface area contributed by atoms with Crippen molar-refractivity contribution in [1.29, 1.82) is 0 Å². The molecule has 2 atom stereocenters. The number of esters is 1. The maximum Gasteiger partial charge on any atom is 0.305 e. The van der Waals surface area contributed by atoms with Gasteiger partial charge in [0.1, 0.15) is 0 Å². The second-order valence-corrected chi connectivity index (χ2v) is 28.1. The fourth-order valence-corrected chi connectivity index (χ4v) is 13.1. The molecule has 0 aromatic heterocycles. The number of rotatable bonds is 77. The lowest BCUT2D eigenvalue weighted by molar-refractivity contribution is -0.143. The van der Waals surface area contributed by atoms with Gasteiger partial charge in [0.05, 0.1) is 25.4 Å². The summed E-state index contributed by atoms with van der Waals surface area (Å²) in [7, 11) is 0. The van der Waals surface area contributed by atoms with E-state index in [0.717, 1.165) is 51.4 Å². The van der Waals surface area contributed by atoms with Crippen LogP contribution in [0.4, 0.5) is 0 Å². The first-order valence-electron chi connectivity index (χ1n) is 40.6. The molecular formula is C82H159NO5. The number of hydrogen-bond acceptors (Lipinski definition) is 5. The summed E-state index contributed by atoms with van der Waals surface area (Å²) in [5.74, 6) is -0.0170. The zero-order valence-corrected chi connectivity index (χ0v) is 60.0. The maximum absolute atomic E-state index is 12.6. The SMILES string of the molecule is CCCCC/C=C\C/C=C\CCCCCCCC(=O)OCCCCCCCCCCCCCCCCCCCCCCCCCCCCCCCCCC(=O)NC(CO)C(O)CCCCCCCCCCCCCCCCCCCCCCCCCCC. The van der Waals surface area contributed by atoms with Crippen LogP contribution in [0.3, 0.4) is 0 Å². The van der Waals surface area contributed by atoms with Crippen molar-refractivity contribution in [1.82, 2.24) is 5.32 Å². The molecule has 2 unspecified atom stereocenters. The van der Waals surface area contributed by atoms with Crippen LogP contribution in [0, 0.1) is 0 Å². The molecule has 0 saturated carbocycles. The predicted octanol–water partition coefficient (Wildman–Crippen LogP) is 26.8. The first kappa shape index (κ1) is 86.3. The van der Waals surface area contributed by atoms with E-state index < -0.39 is 12.1 Å². The highest BCUT2D eigenvalue weighted by atomic mass is 16.5. The highest BCUT2D eigenvalue weighted by molar-refractivity contribution is 5.76. The summed E-state index contributed by atoms with van der Waals surface area (Å²) in [6.07, 6.45) is 99.9. The standard InChI is InChI=1S/C82H159NO5/c1-3-5-7-9-11-13-15-17-19-20-21-22-23-31-34-37-40-43-47-50-54-58-62-66-70-74-80(85)79(78-84)83-81(86)75-71-67-63-59-55-51-48-44-41-38-35-32-29-27-25-24-26-28-30-33-36-39-42-45-49-53-57-61-65-69-73-77-88-82(87)76-72-68-64-60-56-52-46-18-16-14-12-10-8-6-4-2/h12,14,18,46,79-80,84-85H,3-11,13,15-17,19-45,47-78H2,1-2H3,(H,83,86)/b14-12-,46-18-. The van der Waals surface area contributed by atoms with Crippen LogP contribution in [0.15, 0.2) is 24.3 Å². The van der Waals surface area contributed by atoms with Gasteiger partial charge in [0.25, 0.3) is 0 Å². The van der Waals surface area contributed by atoms with Gasteiger partial charge >= 0.3 is 5.97 Å². The molecule has 0 radical (unpaired) electrons. The highest BCUT2D eigenvalue weighted by Crippen LogP contribution is 2.20. The van der Waals surface area contributed by atoms with Crippen molar-refractivity contribution < 1.29 is 24.5 Å². The Kier molecular flexibility index (Phi) is 76.3. The van der Waals surface area contributed by atoms with Crippen molar-refractivity contribution in [3.63, 3.8) is 0 Å². The van der Waals surface area contributed by atoms with Gasteiger partial charge in [-0.2, -0.15) is 0 Å². The molecule has 6 heteroatoms. The number of hydrogen-bond donors (Lipinski definition) is 3. The molecule has 0 aliphatic carbocycles. The largest absolute Gasteiger partial charge is 0.466 e. The van der Waals surface area contributed by atoms with Crippen molar-refractivity contribution in [3.8, 4) is 0 Å². The molecule has 88 heavy (non-hydrogen) atoms. The lowest BCUT2D eigenvalue weighted by Crippen LogP contribution is -2.45. The molecule has 0 spiro atoms. The Balaban J connectivity index is 3.34. The summed E-state index contributed by atoms with van der Waals surface area (Å²) in [6, 6.07) is -0.540. The van der Waals surface area contributed by atoms with E-state index in [9.17, 15) is 19.8 Å². The van der Waals surface area contributed by atoms with Gasteiger partial charge in [-0.1, -0.05) is 417 Å². The van der Waals surface area contributed by atoms with E-state index in [2.05, 4.69) is 43.5 Å². The Hall–Kier alpha value is -1.66. The van der Waals surface area contributed by atoms with E-state index >= 15 is 0 Å². The summed E-state index contributed by atoms with van der Waals surface area (Å²) in [6.45, 7) is 4.98. The average molecular weight is 1240 g/mol. The second-order valence-electron chi connectivity index (χ2n) is 28.1. The molecule has 0 aliphatic heterocycles. The van der Waals surface area contributed by atoms with Gasteiger partial charge in [0.15, 0.2) is 0 Å². The van der Waals surface area contributed by atoms with E-state index in [1.165, 1.54) is 379 Å². The molecule has 3 N–H and O–H groups in total. The summed E-state index contributed by atoms with van der Waals surface area (Å²) in [5, 5.41) is 23.5. The molecule has 0 aromatic carbocycles. The fraction of sp³-hybridized carbons (Fsp3) is 0.927. The Morgan fingerprint density at radius 1 is 0.318 bits per heavy atom. The van der Waals surface area contributed by atoms with Crippen molar-refractivity contribution in [2.75, 3.05) is 13.2 Å². The number of nitrogens with one attached hydrogen (secondary N) is 1. The zero-order chi connectivity index (χ0) is 63.5. The van der Waals surface area contributed by atoms with Crippen LogP contribution < -0.4 is 5.32 Å². The Morgan fingerprint density at radius 2 is 0.568 bits per heavy atom. The van der Waals surface area contributed by atoms with Gasteiger partial charge < -0.3 is 20.3 Å². The van der Waals surface area contributed by atoms with Gasteiger partial charge in [0, 0.05) is 12.8 Å². The molecular weight excluding hydrogens is 1080 g/mol. The molecule has 0 aromatic rings. The number of unbranched alkanes of at least 4 members (excludes halogenated alkanes) is 62. The van der Waals surface area contributed by atoms with Crippen molar-refractivity contribution in [3.05, 3.63) is 24.3 Å². The number of carbonyl (C=O) groups excluding carboxylic acids is 2. The number of aliphatic hydroxyl groups is 2. The van der Waals surface area contributed by atoms with E-state index in [-0.39, 0.29) is 18.5 Å².